The average molecular weight is 317 g/mol. The maximum Gasteiger partial charge on any atom is 0.264 e. The number of nitrogens with one attached hydrogen (secondary N) is 1. The highest BCUT2D eigenvalue weighted by Crippen LogP contribution is 2.34. The molecule has 0 fully saturated rings. The molecule has 0 spiro atoms. The number of hydrogen-bond donors (Lipinski definition) is 2. The fraction of sp³-hybridized carbons (Fsp3) is 0.200. The van der Waals surface area contributed by atoms with Crippen molar-refractivity contribution < 1.29 is 4.79 Å². The predicted molar refractivity (Wildman–Crippen MR) is 89.0 cm³/mol. The van der Waals surface area contributed by atoms with E-state index < -0.39 is 0 Å². The van der Waals surface area contributed by atoms with Gasteiger partial charge in [-0.15, -0.1) is 22.7 Å². The average Bonchev–Trinajstić information content (AvgIpc) is 3.08. The van der Waals surface area contributed by atoms with Gasteiger partial charge in [0.05, 0.1) is 11.7 Å². The molecule has 3 aromatic rings. The number of thiazole rings is 1. The van der Waals surface area contributed by atoms with E-state index in [9.17, 15) is 4.79 Å². The highest BCUT2D eigenvalue weighted by Gasteiger charge is 2.19. The number of aryl methyl sites for hydroxylation is 1. The molecule has 2 aromatic heterocycles. The van der Waals surface area contributed by atoms with Gasteiger partial charge in [-0.1, -0.05) is 11.6 Å². The summed E-state index contributed by atoms with van der Waals surface area (Å²) in [7, 11) is 0. The van der Waals surface area contributed by atoms with Crippen LogP contribution < -0.4 is 11.1 Å². The first kappa shape index (κ1) is 14.0. The van der Waals surface area contributed by atoms with Gasteiger partial charge in [0.1, 0.15) is 9.88 Å². The van der Waals surface area contributed by atoms with Crippen molar-refractivity contribution in [2.45, 2.75) is 19.9 Å². The standard InChI is InChI=1S/C15H15N3OS2/c1-8-3-4-11-10(7-8)12(16)13(21-11)14(19)18-9(2)15-17-5-6-20-15/h3-7,9H,16H2,1-2H3,(H,18,19). The highest BCUT2D eigenvalue weighted by molar-refractivity contribution is 7.21. The second kappa shape index (κ2) is 5.46. The van der Waals surface area contributed by atoms with Gasteiger partial charge in [-0.3, -0.25) is 4.79 Å². The van der Waals surface area contributed by atoms with Crippen LogP contribution in [-0.4, -0.2) is 10.9 Å². The fourth-order valence-electron chi connectivity index (χ4n) is 2.17. The number of nitrogen functional groups attached to an aromatic ring is 1. The minimum atomic E-state index is -0.144. The van der Waals surface area contributed by atoms with E-state index in [1.54, 1.807) is 6.20 Å². The summed E-state index contributed by atoms with van der Waals surface area (Å²) in [5.74, 6) is -0.144. The second-order valence-electron chi connectivity index (χ2n) is 4.91. The Labute approximate surface area is 130 Å². The number of anilines is 1. The molecule has 0 saturated carbocycles. The SMILES string of the molecule is Cc1ccc2sc(C(=O)NC(C)c3nccs3)c(N)c2c1. The van der Waals surface area contributed by atoms with E-state index in [2.05, 4.69) is 10.3 Å². The topological polar surface area (TPSA) is 68.0 Å². The third-order valence-electron chi connectivity index (χ3n) is 3.26. The molecular weight excluding hydrogens is 302 g/mol. The van der Waals surface area contributed by atoms with E-state index in [1.165, 1.54) is 22.7 Å². The summed E-state index contributed by atoms with van der Waals surface area (Å²) in [6.07, 6.45) is 1.74. The van der Waals surface area contributed by atoms with E-state index in [4.69, 9.17) is 5.73 Å². The van der Waals surface area contributed by atoms with E-state index in [0.717, 1.165) is 20.7 Å². The zero-order chi connectivity index (χ0) is 15.0. The molecular formula is C15H15N3OS2. The van der Waals surface area contributed by atoms with Crippen LogP contribution in [0, 0.1) is 6.92 Å². The van der Waals surface area contributed by atoms with Gasteiger partial charge in [-0.2, -0.15) is 0 Å². The first-order valence-corrected chi connectivity index (χ1v) is 8.24. The molecule has 6 heteroatoms. The van der Waals surface area contributed by atoms with Gasteiger partial charge in [-0.25, -0.2) is 4.98 Å². The van der Waals surface area contributed by atoms with Gasteiger partial charge >= 0.3 is 0 Å². The van der Waals surface area contributed by atoms with Gasteiger partial charge in [0.15, 0.2) is 0 Å². The number of carbonyl (C=O) groups excluding carboxylic acids is 1. The largest absolute Gasteiger partial charge is 0.397 e. The van der Waals surface area contributed by atoms with Crippen molar-refractivity contribution in [2.24, 2.45) is 0 Å². The lowest BCUT2D eigenvalue weighted by Gasteiger charge is -2.10. The molecule has 4 nitrogen and oxygen atoms in total. The molecule has 1 atom stereocenters. The monoisotopic (exact) mass is 317 g/mol. The molecule has 0 aliphatic heterocycles. The zero-order valence-corrected chi connectivity index (χ0v) is 13.3. The van der Waals surface area contributed by atoms with Crippen LogP contribution in [0.4, 0.5) is 5.69 Å². The van der Waals surface area contributed by atoms with E-state index in [1.807, 2.05) is 37.4 Å². The molecule has 0 bridgehead atoms. The van der Waals surface area contributed by atoms with Crippen LogP contribution in [0.2, 0.25) is 0 Å². The number of carbonyl (C=O) groups is 1. The van der Waals surface area contributed by atoms with Gasteiger partial charge in [0.25, 0.3) is 5.91 Å². The summed E-state index contributed by atoms with van der Waals surface area (Å²) in [4.78, 5) is 17.2. The Balaban J connectivity index is 1.89. The summed E-state index contributed by atoms with van der Waals surface area (Å²) in [6, 6.07) is 5.93. The summed E-state index contributed by atoms with van der Waals surface area (Å²) in [6.45, 7) is 3.94. The Morgan fingerprint density at radius 2 is 2.24 bits per heavy atom. The number of nitrogens with zero attached hydrogens (tertiary/aromatic N) is 1. The quantitative estimate of drug-likeness (QED) is 0.773. The summed E-state index contributed by atoms with van der Waals surface area (Å²) >= 11 is 2.95. The smallest absolute Gasteiger partial charge is 0.264 e. The number of amides is 1. The number of nitrogens with two attached hydrogens (primary N) is 1. The van der Waals surface area contributed by atoms with Crippen molar-refractivity contribution in [2.75, 3.05) is 5.73 Å². The summed E-state index contributed by atoms with van der Waals surface area (Å²) in [5, 5.41) is 6.69. The highest BCUT2D eigenvalue weighted by atomic mass is 32.1. The van der Waals surface area contributed by atoms with Gasteiger partial charge < -0.3 is 11.1 Å². The molecule has 108 valence electrons. The molecule has 1 aromatic carbocycles. The molecule has 1 amide bonds. The third-order valence-corrected chi connectivity index (χ3v) is 5.40. The van der Waals surface area contributed by atoms with Gasteiger partial charge in [0, 0.05) is 21.7 Å². The van der Waals surface area contributed by atoms with E-state index in [0.29, 0.717) is 10.6 Å². The first-order valence-electron chi connectivity index (χ1n) is 6.55. The first-order chi connectivity index (χ1) is 10.1. The van der Waals surface area contributed by atoms with Crippen molar-refractivity contribution >= 4 is 44.4 Å². The molecule has 0 radical (unpaired) electrons. The Kier molecular flexibility index (Phi) is 3.65. The minimum Gasteiger partial charge on any atom is -0.397 e. The number of hydrogen-bond acceptors (Lipinski definition) is 5. The third kappa shape index (κ3) is 2.64. The molecule has 0 aliphatic rings. The van der Waals surface area contributed by atoms with Gasteiger partial charge in [0.2, 0.25) is 0 Å². The molecule has 3 N–H and O–H groups in total. The maximum absolute atomic E-state index is 12.4. The van der Waals surface area contributed by atoms with E-state index in [-0.39, 0.29) is 11.9 Å². The van der Waals surface area contributed by atoms with Crippen molar-refractivity contribution in [3.05, 3.63) is 45.2 Å². The van der Waals surface area contributed by atoms with Crippen LogP contribution in [-0.2, 0) is 0 Å². The van der Waals surface area contributed by atoms with Crippen LogP contribution in [0.1, 0.15) is 33.2 Å². The van der Waals surface area contributed by atoms with Crippen LogP contribution in [0.5, 0.6) is 0 Å². The number of fused-ring (bicyclic) bond motifs is 1. The van der Waals surface area contributed by atoms with Crippen molar-refractivity contribution in [1.82, 2.24) is 10.3 Å². The molecule has 0 saturated heterocycles. The normalized spacial score (nSPS) is 12.5. The molecule has 3 rings (SSSR count). The lowest BCUT2D eigenvalue weighted by molar-refractivity contribution is 0.0945. The molecule has 2 heterocycles. The second-order valence-corrected chi connectivity index (χ2v) is 6.89. The Morgan fingerprint density at radius 3 is 2.95 bits per heavy atom. The van der Waals surface area contributed by atoms with Crippen LogP contribution in [0.25, 0.3) is 10.1 Å². The Bertz CT molecular complexity index is 793. The predicted octanol–water partition coefficient (Wildman–Crippen LogP) is 3.74. The lowest BCUT2D eigenvalue weighted by atomic mass is 10.1. The molecule has 0 aliphatic carbocycles. The zero-order valence-electron chi connectivity index (χ0n) is 11.7. The number of thiophene rings is 1. The molecule has 1 unspecified atom stereocenters. The fourth-order valence-corrected chi connectivity index (χ4v) is 3.82. The van der Waals surface area contributed by atoms with Crippen molar-refractivity contribution in [1.29, 1.82) is 0 Å². The summed E-state index contributed by atoms with van der Waals surface area (Å²) < 4.78 is 1.03. The summed E-state index contributed by atoms with van der Waals surface area (Å²) in [5.41, 5.74) is 7.83. The molecule has 21 heavy (non-hydrogen) atoms. The lowest BCUT2D eigenvalue weighted by Crippen LogP contribution is -2.26. The van der Waals surface area contributed by atoms with Crippen LogP contribution in [0.15, 0.2) is 29.8 Å². The van der Waals surface area contributed by atoms with Crippen LogP contribution in [0.3, 0.4) is 0 Å². The Morgan fingerprint density at radius 1 is 1.43 bits per heavy atom. The number of aromatic nitrogens is 1. The minimum absolute atomic E-state index is 0.121. The maximum atomic E-state index is 12.4. The van der Waals surface area contributed by atoms with E-state index >= 15 is 0 Å². The number of benzene rings is 1. The van der Waals surface area contributed by atoms with Crippen molar-refractivity contribution in [3.63, 3.8) is 0 Å². The van der Waals surface area contributed by atoms with Crippen molar-refractivity contribution in [3.8, 4) is 0 Å². The van der Waals surface area contributed by atoms with Crippen LogP contribution >= 0.6 is 22.7 Å². The number of rotatable bonds is 3. The van der Waals surface area contributed by atoms with Gasteiger partial charge in [-0.05, 0) is 26.0 Å². The Hall–Kier alpha value is -1.92.